The van der Waals surface area contributed by atoms with E-state index in [0.29, 0.717) is 5.69 Å². The van der Waals surface area contributed by atoms with Crippen LogP contribution < -0.4 is 5.73 Å². The van der Waals surface area contributed by atoms with Crippen LogP contribution in [0.3, 0.4) is 0 Å². The standard InChI is InChI=1S/C13H11N3S2/c1-8-7-17-13(16-8)18-11-5-4-10(14)12-9(11)3-2-6-15-12/h2-7H,14H2,1H3. The van der Waals surface area contributed by atoms with Crippen LogP contribution in [0, 0.1) is 6.92 Å². The number of thiazole rings is 1. The minimum atomic E-state index is 0.713. The van der Waals surface area contributed by atoms with Crippen LogP contribution in [0.2, 0.25) is 0 Å². The summed E-state index contributed by atoms with van der Waals surface area (Å²) in [5.41, 5.74) is 8.56. The average molecular weight is 273 g/mol. The molecule has 0 aliphatic carbocycles. The van der Waals surface area contributed by atoms with Crippen molar-refractivity contribution in [2.45, 2.75) is 16.2 Å². The molecule has 0 radical (unpaired) electrons. The second kappa shape index (κ2) is 4.59. The number of nitrogen functional groups attached to an aromatic ring is 1. The molecule has 18 heavy (non-hydrogen) atoms. The van der Waals surface area contributed by atoms with Gasteiger partial charge in [0.2, 0.25) is 0 Å². The Bertz CT molecular complexity index is 706. The highest BCUT2D eigenvalue weighted by Crippen LogP contribution is 2.36. The Kier molecular flexibility index (Phi) is 2.93. The van der Waals surface area contributed by atoms with Crippen LogP contribution in [0.15, 0.2) is 45.1 Å². The highest BCUT2D eigenvalue weighted by Gasteiger charge is 2.08. The van der Waals surface area contributed by atoms with E-state index in [1.807, 2.05) is 31.2 Å². The number of anilines is 1. The number of rotatable bonds is 2. The zero-order chi connectivity index (χ0) is 12.5. The van der Waals surface area contributed by atoms with Gasteiger partial charge in [0.15, 0.2) is 4.34 Å². The Hall–Kier alpha value is -1.59. The van der Waals surface area contributed by atoms with E-state index < -0.39 is 0 Å². The average Bonchev–Trinajstić information content (AvgIpc) is 2.79. The van der Waals surface area contributed by atoms with Crippen LogP contribution >= 0.6 is 23.1 Å². The van der Waals surface area contributed by atoms with Gasteiger partial charge in [0.25, 0.3) is 0 Å². The lowest BCUT2D eigenvalue weighted by Gasteiger charge is -2.05. The number of hydrogen-bond donors (Lipinski definition) is 1. The molecule has 90 valence electrons. The van der Waals surface area contributed by atoms with Gasteiger partial charge in [-0.3, -0.25) is 4.98 Å². The number of nitrogens with zero attached hydrogens (tertiary/aromatic N) is 2. The normalized spacial score (nSPS) is 10.9. The fourth-order valence-electron chi connectivity index (χ4n) is 1.73. The van der Waals surface area contributed by atoms with Crippen molar-refractivity contribution in [2.24, 2.45) is 0 Å². The van der Waals surface area contributed by atoms with Crippen LogP contribution in [-0.2, 0) is 0 Å². The lowest BCUT2D eigenvalue weighted by Crippen LogP contribution is -1.90. The number of fused-ring (bicyclic) bond motifs is 1. The molecule has 3 rings (SSSR count). The molecule has 0 aliphatic rings. The van der Waals surface area contributed by atoms with Crippen LogP contribution in [-0.4, -0.2) is 9.97 Å². The first-order valence-electron chi connectivity index (χ1n) is 5.47. The molecule has 0 aliphatic heterocycles. The van der Waals surface area contributed by atoms with Gasteiger partial charge in [0.05, 0.1) is 11.2 Å². The Morgan fingerprint density at radius 3 is 2.94 bits per heavy atom. The van der Waals surface area contributed by atoms with E-state index in [1.54, 1.807) is 29.3 Å². The Morgan fingerprint density at radius 2 is 2.17 bits per heavy atom. The van der Waals surface area contributed by atoms with Gasteiger partial charge in [-0.25, -0.2) is 4.98 Å². The van der Waals surface area contributed by atoms with Gasteiger partial charge in [-0.15, -0.1) is 11.3 Å². The first-order valence-corrected chi connectivity index (χ1v) is 7.17. The topological polar surface area (TPSA) is 51.8 Å². The van der Waals surface area contributed by atoms with E-state index >= 15 is 0 Å². The molecular weight excluding hydrogens is 262 g/mol. The minimum Gasteiger partial charge on any atom is -0.397 e. The highest BCUT2D eigenvalue weighted by molar-refractivity contribution is 8.01. The van der Waals surface area contributed by atoms with Gasteiger partial charge < -0.3 is 5.73 Å². The third kappa shape index (κ3) is 2.07. The lowest BCUT2D eigenvalue weighted by molar-refractivity contribution is 1.16. The Balaban J connectivity index is 2.09. The third-order valence-electron chi connectivity index (χ3n) is 2.56. The quantitative estimate of drug-likeness (QED) is 0.723. The summed E-state index contributed by atoms with van der Waals surface area (Å²) in [7, 11) is 0. The van der Waals surface area contributed by atoms with Gasteiger partial charge in [0, 0.05) is 27.6 Å². The molecule has 0 saturated heterocycles. The third-order valence-corrected chi connectivity index (χ3v) is 4.69. The SMILES string of the molecule is Cc1csc(Sc2ccc(N)c3ncccc23)n1. The second-order valence-corrected chi connectivity index (χ2v) is 6.06. The summed E-state index contributed by atoms with van der Waals surface area (Å²) < 4.78 is 1.04. The summed E-state index contributed by atoms with van der Waals surface area (Å²) in [6.45, 7) is 2.00. The maximum Gasteiger partial charge on any atom is 0.154 e. The predicted octanol–water partition coefficient (Wildman–Crippen LogP) is 3.73. The summed E-state index contributed by atoms with van der Waals surface area (Å²) in [6, 6.07) is 7.90. The lowest BCUT2D eigenvalue weighted by atomic mass is 10.2. The van der Waals surface area contributed by atoms with Crippen molar-refractivity contribution in [3.8, 4) is 0 Å². The molecule has 0 spiro atoms. The van der Waals surface area contributed by atoms with Crippen LogP contribution in [0.5, 0.6) is 0 Å². The van der Waals surface area contributed by atoms with Crippen molar-refractivity contribution in [2.75, 3.05) is 5.73 Å². The number of hydrogen-bond acceptors (Lipinski definition) is 5. The van der Waals surface area contributed by atoms with E-state index in [1.165, 1.54) is 0 Å². The molecule has 0 fully saturated rings. The molecule has 2 aromatic heterocycles. The van der Waals surface area contributed by atoms with Gasteiger partial charge in [-0.05, 0) is 25.1 Å². The molecule has 0 amide bonds. The van der Waals surface area contributed by atoms with E-state index in [4.69, 9.17) is 5.73 Å². The zero-order valence-electron chi connectivity index (χ0n) is 9.75. The van der Waals surface area contributed by atoms with E-state index in [0.717, 1.165) is 25.8 Å². The molecular formula is C13H11N3S2. The van der Waals surface area contributed by atoms with Gasteiger partial charge in [-0.1, -0.05) is 17.8 Å². The number of pyridine rings is 1. The van der Waals surface area contributed by atoms with E-state index in [9.17, 15) is 0 Å². The van der Waals surface area contributed by atoms with Gasteiger partial charge in [0.1, 0.15) is 0 Å². The summed E-state index contributed by atoms with van der Waals surface area (Å²) in [6.07, 6.45) is 1.76. The summed E-state index contributed by atoms with van der Waals surface area (Å²) in [5, 5.41) is 3.13. The minimum absolute atomic E-state index is 0.713. The molecule has 2 N–H and O–H groups in total. The molecule has 3 nitrogen and oxygen atoms in total. The van der Waals surface area contributed by atoms with Crippen molar-refractivity contribution in [3.05, 3.63) is 41.5 Å². The molecule has 5 heteroatoms. The maximum atomic E-state index is 5.94. The summed E-state index contributed by atoms with van der Waals surface area (Å²) >= 11 is 3.32. The van der Waals surface area contributed by atoms with Gasteiger partial charge in [-0.2, -0.15) is 0 Å². The van der Waals surface area contributed by atoms with Crippen molar-refractivity contribution >= 4 is 39.7 Å². The number of aryl methyl sites for hydroxylation is 1. The zero-order valence-corrected chi connectivity index (χ0v) is 11.4. The second-order valence-electron chi connectivity index (χ2n) is 3.91. The van der Waals surface area contributed by atoms with Gasteiger partial charge >= 0.3 is 0 Å². The highest BCUT2D eigenvalue weighted by atomic mass is 32.2. The van der Waals surface area contributed by atoms with E-state index in [-0.39, 0.29) is 0 Å². The predicted molar refractivity (Wildman–Crippen MR) is 77.1 cm³/mol. The maximum absolute atomic E-state index is 5.94. The molecule has 0 bridgehead atoms. The number of nitrogens with two attached hydrogens (primary N) is 1. The number of benzene rings is 1. The number of aromatic nitrogens is 2. The Labute approximate surface area is 113 Å². The summed E-state index contributed by atoms with van der Waals surface area (Å²) in [5.74, 6) is 0. The van der Waals surface area contributed by atoms with Crippen molar-refractivity contribution in [1.82, 2.24) is 9.97 Å². The van der Waals surface area contributed by atoms with Crippen LogP contribution in [0.4, 0.5) is 5.69 Å². The molecule has 0 saturated carbocycles. The molecule has 0 atom stereocenters. The molecule has 1 aromatic carbocycles. The summed E-state index contributed by atoms with van der Waals surface area (Å²) in [4.78, 5) is 9.94. The van der Waals surface area contributed by atoms with Crippen molar-refractivity contribution in [3.63, 3.8) is 0 Å². The van der Waals surface area contributed by atoms with Crippen molar-refractivity contribution < 1.29 is 0 Å². The first-order chi connectivity index (χ1) is 8.74. The first kappa shape index (κ1) is 11.5. The Morgan fingerprint density at radius 1 is 1.28 bits per heavy atom. The molecule has 0 unspecified atom stereocenters. The largest absolute Gasteiger partial charge is 0.397 e. The fourth-order valence-corrected chi connectivity index (χ4v) is 3.65. The van der Waals surface area contributed by atoms with Crippen molar-refractivity contribution in [1.29, 1.82) is 0 Å². The van der Waals surface area contributed by atoms with Crippen LogP contribution in [0.25, 0.3) is 10.9 Å². The van der Waals surface area contributed by atoms with E-state index in [2.05, 4.69) is 15.3 Å². The smallest absolute Gasteiger partial charge is 0.154 e. The van der Waals surface area contributed by atoms with Crippen LogP contribution in [0.1, 0.15) is 5.69 Å². The monoisotopic (exact) mass is 273 g/mol. The molecule has 3 aromatic rings. The molecule has 2 heterocycles. The fraction of sp³-hybridized carbons (Fsp3) is 0.0769.